The molecule has 1 rings (SSSR count). The molecule has 0 aliphatic heterocycles. The van der Waals surface area contributed by atoms with Gasteiger partial charge in [-0.05, 0) is 35.4 Å². The Bertz CT molecular complexity index is 347. The summed E-state index contributed by atoms with van der Waals surface area (Å²) in [7, 11) is 1.71. The van der Waals surface area contributed by atoms with Crippen LogP contribution in [0.25, 0.3) is 0 Å². The van der Waals surface area contributed by atoms with Crippen molar-refractivity contribution < 1.29 is 4.74 Å². The monoisotopic (exact) mass is 349 g/mol. The van der Waals surface area contributed by atoms with Gasteiger partial charge in [0.1, 0.15) is 11.9 Å². The molecular weight excluding hydrogens is 329 g/mol. The Hall–Kier alpha value is -0.430. The number of methoxy groups -OCH3 is 1. The third kappa shape index (κ3) is 4.39. The second kappa shape index (κ2) is 7.81. The molecule has 1 N–H and O–H groups in total. The van der Waals surface area contributed by atoms with Gasteiger partial charge in [-0.1, -0.05) is 20.3 Å². The maximum absolute atomic E-state index is 5.42. The number of ether oxygens (including phenoxy) is 1. The van der Waals surface area contributed by atoms with Gasteiger partial charge in [-0.25, -0.2) is 9.97 Å². The molecule has 0 saturated heterocycles. The fourth-order valence-corrected chi connectivity index (χ4v) is 1.97. The van der Waals surface area contributed by atoms with Gasteiger partial charge in [-0.15, -0.1) is 0 Å². The predicted octanol–water partition coefficient (Wildman–Crippen LogP) is 3.39. The van der Waals surface area contributed by atoms with Gasteiger partial charge in [0.2, 0.25) is 0 Å². The summed E-state index contributed by atoms with van der Waals surface area (Å²) in [5.74, 6) is 1.68. The summed E-state index contributed by atoms with van der Waals surface area (Å²) in [5, 5.41) is 3.31. The zero-order chi connectivity index (χ0) is 12.7. The van der Waals surface area contributed by atoms with E-state index in [1.165, 1.54) is 0 Å². The number of rotatable bonds is 7. The van der Waals surface area contributed by atoms with Crippen molar-refractivity contribution in [3.05, 3.63) is 15.6 Å². The van der Waals surface area contributed by atoms with Crippen molar-refractivity contribution in [3.63, 3.8) is 0 Å². The largest absolute Gasteiger partial charge is 0.373 e. The quantitative estimate of drug-likeness (QED) is 0.767. The molecule has 1 aromatic rings. The molecule has 0 saturated carbocycles. The van der Waals surface area contributed by atoms with Gasteiger partial charge in [-0.2, -0.15) is 0 Å². The molecule has 1 atom stereocenters. The van der Waals surface area contributed by atoms with Crippen molar-refractivity contribution in [2.24, 2.45) is 0 Å². The van der Waals surface area contributed by atoms with E-state index in [1.807, 2.05) is 6.20 Å². The van der Waals surface area contributed by atoms with Crippen LogP contribution < -0.4 is 5.32 Å². The highest BCUT2D eigenvalue weighted by Gasteiger charge is 2.14. The van der Waals surface area contributed by atoms with E-state index < -0.39 is 0 Å². The van der Waals surface area contributed by atoms with Gasteiger partial charge < -0.3 is 10.1 Å². The lowest BCUT2D eigenvalue weighted by molar-refractivity contribution is 0.0877. The fraction of sp³-hybridized carbons (Fsp3) is 0.667. The van der Waals surface area contributed by atoms with Crippen LogP contribution in [0.4, 0.5) is 5.82 Å². The average molecular weight is 349 g/mol. The standard InChI is InChI=1S/C12H20IN3O/c1-4-6-10(17-3)12-15-8-9(13)11(16-12)14-7-5-2/h8,10H,4-7H2,1-3H3,(H,14,15,16). The first kappa shape index (κ1) is 14.6. The SMILES string of the molecule is CCCNc1nc(C(CCC)OC)ncc1I. The van der Waals surface area contributed by atoms with Gasteiger partial charge in [-0.3, -0.25) is 0 Å². The van der Waals surface area contributed by atoms with Gasteiger partial charge in [0, 0.05) is 19.9 Å². The highest BCUT2D eigenvalue weighted by Crippen LogP contribution is 2.22. The Morgan fingerprint density at radius 1 is 1.41 bits per heavy atom. The van der Waals surface area contributed by atoms with Gasteiger partial charge >= 0.3 is 0 Å². The van der Waals surface area contributed by atoms with Crippen molar-refractivity contribution in [1.82, 2.24) is 9.97 Å². The number of hydrogen-bond acceptors (Lipinski definition) is 4. The molecule has 1 unspecified atom stereocenters. The van der Waals surface area contributed by atoms with Crippen LogP contribution >= 0.6 is 22.6 Å². The van der Waals surface area contributed by atoms with E-state index >= 15 is 0 Å². The third-order valence-electron chi connectivity index (χ3n) is 2.43. The third-order valence-corrected chi connectivity index (χ3v) is 3.22. The molecule has 0 radical (unpaired) electrons. The summed E-state index contributed by atoms with van der Waals surface area (Å²) in [5.41, 5.74) is 0. The Morgan fingerprint density at radius 2 is 2.18 bits per heavy atom. The van der Waals surface area contributed by atoms with Gasteiger partial charge in [0.15, 0.2) is 5.82 Å². The summed E-state index contributed by atoms with van der Waals surface area (Å²) in [4.78, 5) is 8.90. The second-order valence-corrected chi connectivity index (χ2v) is 5.03. The molecule has 4 nitrogen and oxygen atoms in total. The van der Waals surface area contributed by atoms with Crippen LogP contribution in [0.15, 0.2) is 6.20 Å². The van der Waals surface area contributed by atoms with Crippen molar-refractivity contribution in [2.75, 3.05) is 19.0 Å². The van der Waals surface area contributed by atoms with Crippen LogP contribution in [-0.2, 0) is 4.74 Å². The van der Waals surface area contributed by atoms with Gasteiger partial charge in [0.05, 0.1) is 3.57 Å². The molecule has 0 bridgehead atoms. The topological polar surface area (TPSA) is 47.0 Å². The van der Waals surface area contributed by atoms with Crippen LogP contribution in [0.1, 0.15) is 45.0 Å². The second-order valence-electron chi connectivity index (χ2n) is 3.86. The van der Waals surface area contributed by atoms with Crippen LogP contribution in [0.5, 0.6) is 0 Å². The molecule has 0 aromatic carbocycles. The lowest BCUT2D eigenvalue weighted by atomic mass is 10.2. The number of hydrogen-bond donors (Lipinski definition) is 1. The molecule has 96 valence electrons. The molecule has 0 spiro atoms. The number of halogens is 1. The van der Waals surface area contributed by atoms with Crippen LogP contribution in [-0.4, -0.2) is 23.6 Å². The lowest BCUT2D eigenvalue weighted by Gasteiger charge is -2.14. The zero-order valence-electron chi connectivity index (χ0n) is 10.7. The Morgan fingerprint density at radius 3 is 2.76 bits per heavy atom. The maximum Gasteiger partial charge on any atom is 0.159 e. The molecule has 0 fully saturated rings. The highest BCUT2D eigenvalue weighted by atomic mass is 127. The van der Waals surface area contributed by atoms with E-state index in [4.69, 9.17) is 4.74 Å². The van der Waals surface area contributed by atoms with E-state index in [9.17, 15) is 0 Å². The smallest absolute Gasteiger partial charge is 0.159 e. The Kier molecular flexibility index (Phi) is 6.72. The average Bonchev–Trinajstić information content (AvgIpc) is 2.35. The summed E-state index contributed by atoms with van der Waals surface area (Å²) >= 11 is 2.25. The van der Waals surface area contributed by atoms with Crippen LogP contribution in [0, 0.1) is 3.57 Å². The molecule has 0 aliphatic rings. The normalized spacial score (nSPS) is 12.5. The van der Waals surface area contributed by atoms with E-state index in [2.05, 4.69) is 51.7 Å². The lowest BCUT2D eigenvalue weighted by Crippen LogP contribution is -2.11. The van der Waals surface area contributed by atoms with Crippen LogP contribution in [0.3, 0.4) is 0 Å². The van der Waals surface area contributed by atoms with Crippen LogP contribution in [0.2, 0.25) is 0 Å². The number of aromatic nitrogens is 2. The number of anilines is 1. The summed E-state index contributed by atoms with van der Waals surface area (Å²) < 4.78 is 6.47. The highest BCUT2D eigenvalue weighted by molar-refractivity contribution is 14.1. The summed E-state index contributed by atoms with van der Waals surface area (Å²) in [6.45, 7) is 5.20. The minimum Gasteiger partial charge on any atom is -0.373 e. The van der Waals surface area contributed by atoms with Gasteiger partial charge in [0.25, 0.3) is 0 Å². The number of nitrogens with zero attached hydrogens (tertiary/aromatic N) is 2. The van der Waals surface area contributed by atoms with E-state index in [-0.39, 0.29) is 6.10 Å². The number of nitrogens with one attached hydrogen (secondary N) is 1. The summed E-state index contributed by atoms with van der Waals surface area (Å²) in [6, 6.07) is 0. The molecular formula is C12H20IN3O. The van der Waals surface area contributed by atoms with E-state index in [0.29, 0.717) is 0 Å². The fourth-order valence-electron chi connectivity index (χ4n) is 1.52. The minimum atomic E-state index is -0.000762. The molecule has 1 heterocycles. The molecule has 1 aromatic heterocycles. The Labute approximate surface area is 117 Å². The molecule has 0 aliphatic carbocycles. The first-order chi connectivity index (χ1) is 8.22. The van der Waals surface area contributed by atoms with Crippen molar-refractivity contribution in [1.29, 1.82) is 0 Å². The molecule has 5 heteroatoms. The van der Waals surface area contributed by atoms with E-state index in [1.54, 1.807) is 7.11 Å². The first-order valence-corrected chi connectivity index (χ1v) is 7.09. The van der Waals surface area contributed by atoms with Crippen molar-refractivity contribution in [3.8, 4) is 0 Å². The predicted molar refractivity (Wildman–Crippen MR) is 78.2 cm³/mol. The maximum atomic E-state index is 5.42. The Balaban J connectivity index is 2.85. The minimum absolute atomic E-state index is 0.000762. The first-order valence-electron chi connectivity index (χ1n) is 6.02. The van der Waals surface area contributed by atoms with Crippen molar-refractivity contribution >= 4 is 28.4 Å². The van der Waals surface area contributed by atoms with E-state index in [0.717, 1.165) is 41.0 Å². The molecule has 17 heavy (non-hydrogen) atoms. The molecule has 0 amide bonds. The zero-order valence-corrected chi connectivity index (χ0v) is 12.8. The summed E-state index contributed by atoms with van der Waals surface area (Å²) in [6.07, 6.45) is 4.94. The van der Waals surface area contributed by atoms with Crippen molar-refractivity contribution in [2.45, 2.75) is 39.2 Å².